The second-order valence-electron chi connectivity index (χ2n) is 7.65. The lowest BCUT2D eigenvalue weighted by atomic mass is 10.1. The van der Waals surface area contributed by atoms with Gasteiger partial charge < -0.3 is 16.4 Å². The molecular formula is C26H22N6O. The van der Waals surface area contributed by atoms with Crippen LogP contribution < -0.4 is 16.4 Å². The smallest absolute Gasteiger partial charge is 0.255 e. The summed E-state index contributed by atoms with van der Waals surface area (Å²) in [6, 6.07) is 24.3. The average Bonchev–Trinajstić information content (AvgIpc) is 3.17. The number of nitrogens with two attached hydrogens (primary N) is 1. The van der Waals surface area contributed by atoms with Crippen molar-refractivity contribution in [2.24, 2.45) is 0 Å². The molecule has 0 aliphatic heterocycles. The molecule has 162 valence electrons. The van der Waals surface area contributed by atoms with E-state index in [9.17, 15) is 4.79 Å². The van der Waals surface area contributed by atoms with Gasteiger partial charge in [-0.3, -0.25) is 9.20 Å². The summed E-state index contributed by atoms with van der Waals surface area (Å²) in [4.78, 5) is 21.6. The first-order chi connectivity index (χ1) is 16.1. The average molecular weight is 435 g/mol. The molecule has 2 aromatic carbocycles. The Morgan fingerprint density at radius 1 is 0.970 bits per heavy atom. The molecule has 0 saturated heterocycles. The van der Waals surface area contributed by atoms with Gasteiger partial charge in [-0.15, -0.1) is 0 Å². The third-order valence-electron chi connectivity index (χ3n) is 5.37. The number of nitrogen functional groups attached to an aromatic ring is 1. The number of pyridine rings is 2. The Morgan fingerprint density at radius 3 is 2.58 bits per heavy atom. The molecule has 7 nitrogen and oxygen atoms in total. The molecule has 0 unspecified atom stereocenters. The number of carbonyl (C=O) groups is 1. The van der Waals surface area contributed by atoms with Crippen molar-refractivity contribution in [1.29, 1.82) is 0 Å². The zero-order valence-corrected chi connectivity index (χ0v) is 18.0. The highest BCUT2D eigenvalue weighted by atomic mass is 16.1. The third kappa shape index (κ3) is 4.12. The molecule has 5 rings (SSSR count). The SMILES string of the molecule is Cc1nc2ccccn2c1-c1ccnc(Nc2ccc(C(=O)Nc3ccccc3N)cc2)c1. The van der Waals surface area contributed by atoms with Crippen LogP contribution in [0.1, 0.15) is 16.1 Å². The molecule has 0 bridgehead atoms. The Bertz CT molecular complexity index is 1460. The highest BCUT2D eigenvalue weighted by molar-refractivity contribution is 6.05. The van der Waals surface area contributed by atoms with Gasteiger partial charge in [-0.05, 0) is 67.6 Å². The lowest BCUT2D eigenvalue weighted by Crippen LogP contribution is -2.13. The van der Waals surface area contributed by atoms with Gasteiger partial charge in [-0.25, -0.2) is 9.97 Å². The molecule has 5 aromatic rings. The van der Waals surface area contributed by atoms with E-state index in [4.69, 9.17) is 5.73 Å². The number of para-hydroxylation sites is 2. The first-order valence-electron chi connectivity index (χ1n) is 10.5. The first kappa shape index (κ1) is 20.3. The molecule has 7 heteroatoms. The molecule has 4 N–H and O–H groups in total. The van der Waals surface area contributed by atoms with Crippen molar-refractivity contribution in [3.63, 3.8) is 0 Å². The number of hydrogen-bond acceptors (Lipinski definition) is 5. The van der Waals surface area contributed by atoms with E-state index in [1.165, 1.54) is 0 Å². The van der Waals surface area contributed by atoms with E-state index in [2.05, 4.69) is 25.0 Å². The number of nitrogens with zero attached hydrogens (tertiary/aromatic N) is 3. The maximum atomic E-state index is 12.5. The highest BCUT2D eigenvalue weighted by Gasteiger charge is 2.12. The topological polar surface area (TPSA) is 97.3 Å². The predicted molar refractivity (Wildman–Crippen MR) is 132 cm³/mol. The molecular weight excluding hydrogens is 412 g/mol. The maximum absolute atomic E-state index is 12.5. The number of nitrogens with one attached hydrogen (secondary N) is 2. The summed E-state index contributed by atoms with van der Waals surface area (Å²) < 4.78 is 2.07. The summed E-state index contributed by atoms with van der Waals surface area (Å²) in [6.45, 7) is 2.00. The summed E-state index contributed by atoms with van der Waals surface area (Å²) in [5.74, 6) is 0.481. The molecule has 0 saturated carbocycles. The Balaban J connectivity index is 1.34. The van der Waals surface area contributed by atoms with E-state index < -0.39 is 0 Å². The molecule has 3 heterocycles. The van der Waals surface area contributed by atoms with Crippen LogP contribution in [0.2, 0.25) is 0 Å². The van der Waals surface area contributed by atoms with Crippen LogP contribution in [0.15, 0.2) is 91.3 Å². The molecule has 33 heavy (non-hydrogen) atoms. The van der Waals surface area contributed by atoms with E-state index in [1.54, 1.807) is 30.5 Å². The van der Waals surface area contributed by atoms with Crippen LogP contribution in [-0.2, 0) is 0 Å². The molecule has 0 fully saturated rings. The van der Waals surface area contributed by atoms with Crippen molar-refractivity contribution >= 4 is 34.4 Å². The zero-order chi connectivity index (χ0) is 22.8. The second-order valence-corrected chi connectivity index (χ2v) is 7.65. The van der Waals surface area contributed by atoms with Crippen molar-refractivity contribution in [3.8, 4) is 11.3 Å². The number of imidazole rings is 1. The number of amides is 1. The minimum Gasteiger partial charge on any atom is -0.397 e. The maximum Gasteiger partial charge on any atom is 0.255 e. The largest absolute Gasteiger partial charge is 0.397 e. The Kier molecular flexibility index (Phi) is 5.20. The van der Waals surface area contributed by atoms with Crippen LogP contribution in [0.5, 0.6) is 0 Å². The fourth-order valence-corrected chi connectivity index (χ4v) is 3.77. The quantitative estimate of drug-likeness (QED) is 0.327. The number of aromatic nitrogens is 3. The molecule has 0 aliphatic carbocycles. The molecule has 0 atom stereocenters. The fourth-order valence-electron chi connectivity index (χ4n) is 3.77. The van der Waals surface area contributed by atoms with Crippen molar-refractivity contribution in [3.05, 3.63) is 103 Å². The van der Waals surface area contributed by atoms with Crippen molar-refractivity contribution in [1.82, 2.24) is 14.4 Å². The zero-order valence-electron chi connectivity index (χ0n) is 18.0. The van der Waals surface area contributed by atoms with Gasteiger partial charge in [0, 0.05) is 29.2 Å². The van der Waals surface area contributed by atoms with Crippen molar-refractivity contribution in [2.75, 3.05) is 16.4 Å². The summed E-state index contributed by atoms with van der Waals surface area (Å²) >= 11 is 0. The molecule has 0 radical (unpaired) electrons. The van der Waals surface area contributed by atoms with Gasteiger partial charge in [-0.2, -0.15) is 0 Å². The van der Waals surface area contributed by atoms with Gasteiger partial charge in [0.1, 0.15) is 11.5 Å². The van der Waals surface area contributed by atoms with Gasteiger partial charge in [0.25, 0.3) is 5.91 Å². The lowest BCUT2D eigenvalue weighted by molar-refractivity contribution is 0.102. The van der Waals surface area contributed by atoms with Crippen LogP contribution in [0.3, 0.4) is 0 Å². The van der Waals surface area contributed by atoms with Crippen LogP contribution in [0, 0.1) is 6.92 Å². The number of fused-ring (bicyclic) bond motifs is 1. The Labute approximate surface area is 190 Å². The van der Waals surface area contributed by atoms with Crippen LogP contribution in [0.25, 0.3) is 16.9 Å². The van der Waals surface area contributed by atoms with Gasteiger partial charge in [0.2, 0.25) is 0 Å². The van der Waals surface area contributed by atoms with E-state index in [1.807, 2.05) is 67.7 Å². The van der Waals surface area contributed by atoms with E-state index in [-0.39, 0.29) is 5.91 Å². The van der Waals surface area contributed by atoms with E-state index in [0.29, 0.717) is 22.8 Å². The van der Waals surface area contributed by atoms with Gasteiger partial charge in [0.15, 0.2) is 0 Å². The standard InChI is InChI=1S/C26H22N6O/c1-17-25(32-15-5-4-8-24(32)29-17)19-13-14-28-23(16-19)30-20-11-9-18(10-12-20)26(33)31-22-7-3-2-6-21(22)27/h2-16H,27H2,1H3,(H,28,30)(H,31,33). The fraction of sp³-hybridized carbons (Fsp3) is 0.0385. The summed E-state index contributed by atoms with van der Waals surface area (Å²) in [5.41, 5.74) is 12.3. The number of rotatable bonds is 5. The van der Waals surface area contributed by atoms with Gasteiger partial charge >= 0.3 is 0 Å². The third-order valence-corrected chi connectivity index (χ3v) is 5.37. The normalized spacial score (nSPS) is 10.8. The summed E-state index contributed by atoms with van der Waals surface area (Å²) in [6.07, 6.45) is 3.77. The molecule has 0 aliphatic rings. The number of carbonyl (C=O) groups excluding carboxylic acids is 1. The highest BCUT2D eigenvalue weighted by Crippen LogP contribution is 2.27. The second kappa shape index (κ2) is 8.47. The monoisotopic (exact) mass is 434 g/mol. The van der Waals surface area contributed by atoms with Crippen molar-refractivity contribution < 1.29 is 4.79 Å². The summed E-state index contributed by atoms with van der Waals surface area (Å²) in [7, 11) is 0. The predicted octanol–water partition coefficient (Wildman–Crippen LogP) is 5.28. The minimum atomic E-state index is -0.220. The Hall–Kier alpha value is -4.65. The van der Waals surface area contributed by atoms with Gasteiger partial charge in [0.05, 0.1) is 22.8 Å². The van der Waals surface area contributed by atoms with Crippen LogP contribution in [0.4, 0.5) is 22.9 Å². The Morgan fingerprint density at radius 2 is 1.76 bits per heavy atom. The number of anilines is 4. The molecule has 1 amide bonds. The van der Waals surface area contributed by atoms with E-state index in [0.717, 1.165) is 28.3 Å². The molecule has 3 aromatic heterocycles. The van der Waals surface area contributed by atoms with Crippen molar-refractivity contribution in [2.45, 2.75) is 6.92 Å². The summed E-state index contributed by atoms with van der Waals surface area (Å²) in [5, 5.41) is 6.14. The van der Waals surface area contributed by atoms with Crippen LogP contribution >= 0.6 is 0 Å². The first-order valence-corrected chi connectivity index (χ1v) is 10.5. The number of aryl methyl sites for hydroxylation is 1. The number of hydrogen-bond donors (Lipinski definition) is 3. The minimum absolute atomic E-state index is 0.220. The van der Waals surface area contributed by atoms with E-state index >= 15 is 0 Å². The number of benzene rings is 2. The lowest BCUT2D eigenvalue weighted by Gasteiger charge is -2.10. The van der Waals surface area contributed by atoms with Gasteiger partial charge in [-0.1, -0.05) is 18.2 Å². The van der Waals surface area contributed by atoms with Crippen LogP contribution in [-0.4, -0.2) is 20.3 Å². The molecule has 0 spiro atoms.